The normalized spacial score (nSPS) is 29.5. The first-order valence-corrected chi connectivity index (χ1v) is 7.23. The molecule has 2 aliphatic heterocycles. The van der Waals surface area contributed by atoms with Gasteiger partial charge in [0, 0.05) is 37.4 Å². The van der Waals surface area contributed by atoms with Crippen LogP contribution in [0.2, 0.25) is 0 Å². The summed E-state index contributed by atoms with van der Waals surface area (Å²) in [5.41, 5.74) is 1.34. The van der Waals surface area contributed by atoms with E-state index in [4.69, 9.17) is 0 Å². The standard InChI is InChI=1S/C14H24N4.ClH/c1-3-18-13(6-7-15-18)10-17(2)14-8-11-4-5-12(9-14)16-11;/h6-7,11-12,14,16H,3-5,8-10H2,1-2H3;1H. The Kier molecular flexibility index (Phi) is 4.87. The SMILES string of the molecule is CCn1nccc1CN(C)C1CC2CCC(C1)N2.Cl. The second-order valence-electron chi connectivity index (χ2n) is 5.82. The number of halogens is 1. The molecule has 0 saturated carbocycles. The smallest absolute Gasteiger partial charge is 0.0524 e. The molecule has 4 nitrogen and oxygen atoms in total. The fraction of sp³-hybridized carbons (Fsp3) is 0.786. The van der Waals surface area contributed by atoms with Crippen molar-refractivity contribution in [1.82, 2.24) is 20.0 Å². The lowest BCUT2D eigenvalue weighted by Crippen LogP contribution is -2.46. The molecular weight excluding hydrogens is 260 g/mol. The highest BCUT2D eigenvalue weighted by molar-refractivity contribution is 5.85. The van der Waals surface area contributed by atoms with Gasteiger partial charge >= 0.3 is 0 Å². The Morgan fingerprint density at radius 1 is 1.37 bits per heavy atom. The van der Waals surface area contributed by atoms with Crippen LogP contribution in [0.1, 0.15) is 38.3 Å². The minimum Gasteiger partial charge on any atom is -0.311 e. The Morgan fingerprint density at radius 2 is 2.05 bits per heavy atom. The van der Waals surface area contributed by atoms with Gasteiger partial charge in [-0.25, -0.2) is 0 Å². The number of aryl methyl sites for hydroxylation is 1. The zero-order valence-corrected chi connectivity index (χ0v) is 12.7. The van der Waals surface area contributed by atoms with E-state index < -0.39 is 0 Å². The van der Waals surface area contributed by atoms with Crippen molar-refractivity contribution in [1.29, 1.82) is 0 Å². The van der Waals surface area contributed by atoms with Crippen molar-refractivity contribution in [2.24, 2.45) is 0 Å². The molecule has 19 heavy (non-hydrogen) atoms. The van der Waals surface area contributed by atoms with E-state index in [1.54, 1.807) is 0 Å². The summed E-state index contributed by atoms with van der Waals surface area (Å²) in [5.74, 6) is 0. The summed E-state index contributed by atoms with van der Waals surface area (Å²) in [7, 11) is 2.27. The molecule has 2 fully saturated rings. The number of hydrogen-bond donors (Lipinski definition) is 1. The number of fused-ring (bicyclic) bond motifs is 2. The summed E-state index contributed by atoms with van der Waals surface area (Å²) >= 11 is 0. The predicted octanol–water partition coefficient (Wildman–Crippen LogP) is 2.04. The Morgan fingerprint density at radius 3 is 2.68 bits per heavy atom. The molecule has 0 radical (unpaired) electrons. The van der Waals surface area contributed by atoms with Crippen LogP contribution in [0.25, 0.3) is 0 Å². The van der Waals surface area contributed by atoms with Gasteiger partial charge in [0.05, 0.1) is 5.69 Å². The first kappa shape index (κ1) is 14.8. The Hall–Kier alpha value is -0.580. The van der Waals surface area contributed by atoms with E-state index in [0.29, 0.717) is 0 Å². The molecule has 0 aliphatic carbocycles. The van der Waals surface area contributed by atoms with Crippen LogP contribution in [0.15, 0.2) is 12.3 Å². The largest absolute Gasteiger partial charge is 0.311 e. The van der Waals surface area contributed by atoms with Gasteiger partial charge in [0.2, 0.25) is 0 Å². The summed E-state index contributed by atoms with van der Waals surface area (Å²) in [5, 5.41) is 8.07. The molecule has 0 amide bonds. The molecule has 5 heteroatoms. The number of piperidine rings is 1. The van der Waals surface area contributed by atoms with Gasteiger partial charge in [0.15, 0.2) is 0 Å². The van der Waals surface area contributed by atoms with Gasteiger partial charge < -0.3 is 5.32 Å². The number of nitrogens with zero attached hydrogens (tertiary/aromatic N) is 3. The van der Waals surface area contributed by atoms with Crippen molar-refractivity contribution in [3.05, 3.63) is 18.0 Å². The molecule has 2 saturated heterocycles. The van der Waals surface area contributed by atoms with Crippen molar-refractivity contribution in [3.63, 3.8) is 0 Å². The molecule has 0 spiro atoms. The van der Waals surface area contributed by atoms with E-state index in [9.17, 15) is 0 Å². The molecule has 3 rings (SSSR count). The second kappa shape index (κ2) is 6.25. The summed E-state index contributed by atoms with van der Waals surface area (Å²) in [6.45, 7) is 4.15. The number of aromatic nitrogens is 2. The van der Waals surface area contributed by atoms with Crippen molar-refractivity contribution in [2.75, 3.05) is 7.05 Å². The second-order valence-corrected chi connectivity index (χ2v) is 5.82. The maximum absolute atomic E-state index is 4.35. The van der Waals surface area contributed by atoms with E-state index in [0.717, 1.165) is 31.2 Å². The number of rotatable bonds is 4. The summed E-state index contributed by atoms with van der Waals surface area (Å²) in [4.78, 5) is 2.52. The van der Waals surface area contributed by atoms with Crippen LogP contribution in [-0.2, 0) is 13.1 Å². The topological polar surface area (TPSA) is 33.1 Å². The first-order chi connectivity index (χ1) is 8.76. The average molecular weight is 285 g/mol. The zero-order valence-electron chi connectivity index (χ0n) is 11.9. The van der Waals surface area contributed by atoms with E-state index >= 15 is 0 Å². The molecule has 1 aromatic rings. The fourth-order valence-corrected chi connectivity index (χ4v) is 3.55. The molecule has 2 aliphatic rings. The highest BCUT2D eigenvalue weighted by Crippen LogP contribution is 2.29. The summed E-state index contributed by atoms with van der Waals surface area (Å²) in [6.07, 6.45) is 7.29. The first-order valence-electron chi connectivity index (χ1n) is 7.23. The Balaban J connectivity index is 0.00000133. The minimum atomic E-state index is 0. The Bertz CT molecular complexity index is 394. The maximum atomic E-state index is 4.35. The molecule has 2 unspecified atom stereocenters. The van der Waals surface area contributed by atoms with E-state index in [1.807, 2.05) is 6.20 Å². The van der Waals surface area contributed by atoms with Gasteiger partial charge in [0.25, 0.3) is 0 Å². The highest BCUT2D eigenvalue weighted by Gasteiger charge is 2.35. The van der Waals surface area contributed by atoms with Gasteiger partial charge in [-0.2, -0.15) is 5.10 Å². The zero-order chi connectivity index (χ0) is 12.5. The molecule has 2 atom stereocenters. The van der Waals surface area contributed by atoms with Gasteiger partial charge in [-0.1, -0.05) is 0 Å². The maximum Gasteiger partial charge on any atom is 0.0524 e. The molecule has 1 aromatic heterocycles. The van der Waals surface area contributed by atoms with Gasteiger partial charge in [-0.15, -0.1) is 12.4 Å². The van der Waals surface area contributed by atoms with Crippen molar-refractivity contribution >= 4 is 12.4 Å². The van der Waals surface area contributed by atoms with Gasteiger partial charge in [-0.05, 0) is 45.7 Å². The van der Waals surface area contributed by atoms with Crippen LogP contribution in [0.5, 0.6) is 0 Å². The van der Waals surface area contributed by atoms with Crippen molar-refractivity contribution in [2.45, 2.75) is 63.8 Å². The summed E-state index contributed by atoms with van der Waals surface area (Å²) < 4.78 is 2.10. The Labute approximate surface area is 122 Å². The van der Waals surface area contributed by atoms with Crippen LogP contribution >= 0.6 is 12.4 Å². The van der Waals surface area contributed by atoms with Crippen LogP contribution in [-0.4, -0.2) is 39.9 Å². The van der Waals surface area contributed by atoms with Crippen molar-refractivity contribution in [3.8, 4) is 0 Å². The molecule has 108 valence electrons. The molecule has 3 heterocycles. The molecule has 0 aromatic carbocycles. The average Bonchev–Trinajstić information content (AvgIpc) is 2.95. The molecule has 1 N–H and O–H groups in total. The lowest BCUT2D eigenvalue weighted by Gasteiger charge is -2.35. The molecular formula is C14H25ClN4. The van der Waals surface area contributed by atoms with Crippen LogP contribution < -0.4 is 5.32 Å². The third kappa shape index (κ3) is 3.12. The highest BCUT2D eigenvalue weighted by atomic mass is 35.5. The third-order valence-electron chi connectivity index (χ3n) is 4.59. The van der Waals surface area contributed by atoms with E-state index in [1.165, 1.54) is 31.4 Å². The van der Waals surface area contributed by atoms with E-state index in [-0.39, 0.29) is 12.4 Å². The van der Waals surface area contributed by atoms with Crippen molar-refractivity contribution < 1.29 is 0 Å². The third-order valence-corrected chi connectivity index (χ3v) is 4.59. The van der Waals surface area contributed by atoms with Crippen LogP contribution in [0.3, 0.4) is 0 Å². The number of hydrogen-bond acceptors (Lipinski definition) is 3. The van der Waals surface area contributed by atoms with Crippen LogP contribution in [0.4, 0.5) is 0 Å². The summed E-state index contributed by atoms with van der Waals surface area (Å²) in [6, 6.07) is 4.43. The lowest BCUT2D eigenvalue weighted by atomic mass is 9.98. The van der Waals surface area contributed by atoms with Gasteiger partial charge in [-0.3, -0.25) is 9.58 Å². The monoisotopic (exact) mass is 284 g/mol. The van der Waals surface area contributed by atoms with E-state index in [2.05, 4.69) is 40.0 Å². The minimum absolute atomic E-state index is 0. The number of nitrogens with one attached hydrogen (secondary N) is 1. The molecule has 2 bridgehead atoms. The van der Waals surface area contributed by atoms with Crippen LogP contribution in [0, 0.1) is 0 Å². The predicted molar refractivity (Wildman–Crippen MR) is 79.6 cm³/mol. The fourth-order valence-electron chi connectivity index (χ4n) is 3.55. The quantitative estimate of drug-likeness (QED) is 0.919. The van der Waals surface area contributed by atoms with Gasteiger partial charge in [0.1, 0.15) is 0 Å². The lowest BCUT2D eigenvalue weighted by molar-refractivity contribution is 0.162.